The summed E-state index contributed by atoms with van der Waals surface area (Å²) in [5, 5.41) is 19.4. The molecule has 1 fully saturated rings. The predicted molar refractivity (Wildman–Crippen MR) is 100 cm³/mol. The lowest BCUT2D eigenvalue weighted by Crippen LogP contribution is -2.41. The Labute approximate surface area is 163 Å². The van der Waals surface area contributed by atoms with E-state index in [1.54, 1.807) is 10.7 Å². The Morgan fingerprint density at radius 1 is 1.41 bits per heavy atom. The maximum absolute atomic E-state index is 12.7. The zero-order chi connectivity index (χ0) is 18.5. The molecule has 2 aliphatic heterocycles. The van der Waals surface area contributed by atoms with Gasteiger partial charge in [-0.05, 0) is 44.3 Å². The van der Waals surface area contributed by atoms with Gasteiger partial charge in [-0.25, -0.2) is 0 Å². The second kappa shape index (κ2) is 9.70. The number of fused-ring (bicyclic) bond motifs is 1. The highest BCUT2D eigenvalue weighted by Gasteiger charge is 2.30. The van der Waals surface area contributed by atoms with Crippen LogP contribution in [-0.4, -0.2) is 70.8 Å². The lowest BCUT2D eigenvalue weighted by Gasteiger charge is -2.30. The second-order valence-corrected chi connectivity index (χ2v) is 6.87. The van der Waals surface area contributed by atoms with Gasteiger partial charge in [-0.2, -0.15) is 5.10 Å². The summed E-state index contributed by atoms with van der Waals surface area (Å²) < 4.78 is 1.58. The number of carboxylic acid groups (broad SMARTS) is 1. The van der Waals surface area contributed by atoms with E-state index in [2.05, 4.69) is 15.7 Å². The van der Waals surface area contributed by atoms with E-state index < -0.39 is 11.9 Å². The van der Waals surface area contributed by atoms with E-state index in [9.17, 15) is 19.5 Å². The molecule has 9 nitrogen and oxygen atoms in total. The third-order valence-corrected chi connectivity index (χ3v) is 5.21. The number of carboxylic acids is 1. The largest absolute Gasteiger partial charge is 0.481 e. The van der Waals surface area contributed by atoms with Gasteiger partial charge in [0, 0.05) is 19.6 Å². The van der Waals surface area contributed by atoms with Gasteiger partial charge in [0.2, 0.25) is 6.41 Å². The number of nitrogens with one attached hydrogen (secondary N) is 2. The Morgan fingerprint density at radius 3 is 2.81 bits per heavy atom. The van der Waals surface area contributed by atoms with Gasteiger partial charge in [0.25, 0.3) is 5.91 Å². The van der Waals surface area contributed by atoms with Crippen LogP contribution in [0, 0.1) is 5.92 Å². The van der Waals surface area contributed by atoms with Crippen molar-refractivity contribution in [3.63, 3.8) is 0 Å². The highest BCUT2D eigenvalue weighted by atomic mass is 35.5. The third-order valence-electron chi connectivity index (χ3n) is 5.21. The lowest BCUT2D eigenvalue weighted by molar-refractivity contribution is -0.138. The number of carbonyl (C=O) groups excluding carboxylic acids is 2. The first-order chi connectivity index (χ1) is 12.6. The number of hydrogen-bond acceptors (Lipinski definition) is 5. The molecule has 1 aromatic rings. The maximum Gasteiger partial charge on any atom is 0.314 e. The Hall–Kier alpha value is -2.13. The van der Waals surface area contributed by atoms with Crippen LogP contribution in [0.15, 0.2) is 6.07 Å². The third kappa shape index (κ3) is 4.98. The van der Waals surface area contributed by atoms with Crippen LogP contribution >= 0.6 is 12.4 Å². The molecule has 1 saturated heterocycles. The van der Waals surface area contributed by atoms with Crippen LogP contribution in [0.3, 0.4) is 0 Å². The molecular weight excluding hydrogens is 374 g/mol. The molecule has 1 unspecified atom stereocenters. The molecule has 0 aliphatic carbocycles. The molecule has 3 N–H and O–H groups in total. The van der Waals surface area contributed by atoms with Crippen molar-refractivity contribution >= 4 is 30.7 Å². The molecule has 2 aliphatic rings. The van der Waals surface area contributed by atoms with Gasteiger partial charge in [0.15, 0.2) is 0 Å². The number of rotatable bonds is 8. The fourth-order valence-electron chi connectivity index (χ4n) is 3.64. The molecule has 0 aromatic carbocycles. The average molecular weight is 400 g/mol. The van der Waals surface area contributed by atoms with E-state index in [4.69, 9.17) is 0 Å². The molecule has 3 rings (SSSR count). The quantitative estimate of drug-likeness (QED) is 0.532. The summed E-state index contributed by atoms with van der Waals surface area (Å²) in [5.41, 5.74) is 0.726. The van der Waals surface area contributed by atoms with Crippen molar-refractivity contribution in [2.45, 2.75) is 31.7 Å². The molecule has 0 spiro atoms. The number of carbonyl (C=O) groups is 3. The van der Waals surface area contributed by atoms with E-state index >= 15 is 0 Å². The zero-order valence-electron chi connectivity index (χ0n) is 15.1. The van der Waals surface area contributed by atoms with Crippen LogP contribution < -0.4 is 10.6 Å². The van der Waals surface area contributed by atoms with Crippen molar-refractivity contribution < 1.29 is 19.5 Å². The number of piperidine rings is 1. The Balaban J connectivity index is 0.00000261. The summed E-state index contributed by atoms with van der Waals surface area (Å²) in [6, 6.07) is 1.55. The first-order valence-electron chi connectivity index (χ1n) is 9.07. The van der Waals surface area contributed by atoms with Crippen LogP contribution in [0.1, 0.15) is 41.4 Å². The molecule has 1 aromatic heterocycles. The van der Waals surface area contributed by atoms with Gasteiger partial charge in [-0.3, -0.25) is 19.1 Å². The van der Waals surface area contributed by atoms with Crippen LogP contribution in [0.2, 0.25) is 0 Å². The van der Waals surface area contributed by atoms with Gasteiger partial charge in [0.05, 0.1) is 12.2 Å². The minimum atomic E-state index is -1.08. The number of halogens is 1. The zero-order valence-corrected chi connectivity index (χ0v) is 15.9. The summed E-state index contributed by atoms with van der Waals surface area (Å²) in [4.78, 5) is 36.5. The van der Waals surface area contributed by atoms with Crippen LogP contribution in [0.4, 0.5) is 0 Å². The molecule has 10 heteroatoms. The highest BCUT2D eigenvalue weighted by Crippen LogP contribution is 2.22. The van der Waals surface area contributed by atoms with Crippen molar-refractivity contribution in [1.29, 1.82) is 0 Å². The van der Waals surface area contributed by atoms with Crippen molar-refractivity contribution in [1.82, 2.24) is 25.3 Å². The number of hydrogen-bond donors (Lipinski definition) is 3. The van der Waals surface area contributed by atoms with Crippen LogP contribution in [0.5, 0.6) is 0 Å². The number of amides is 2. The normalized spacial score (nSPS) is 18.4. The molecule has 150 valence electrons. The lowest BCUT2D eigenvalue weighted by atomic mass is 9.94. The molecule has 27 heavy (non-hydrogen) atoms. The van der Waals surface area contributed by atoms with Gasteiger partial charge in [0.1, 0.15) is 11.6 Å². The minimum absolute atomic E-state index is 0. The summed E-state index contributed by atoms with van der Waals surface area (Å²) in [7, 11) is 0. The van der Waals surface area contributed by atoms with Crippen LogP contribution in [-0.2, 0) is 16.1 Å². The van der Waals surface area contributed by atoms with Gasteiger partial charge >= 0.3 is 5.97 Å². The van der Waals surface area contributed by atoms with E-state index in [-0.39, 0.29) is 24.9 Å². The van der Waals surface area contributed by atoms with Gasteiger partial charge in [-0.15, -0.1) is 12.4 Å². The molecule has 1 atom stereocenters. The Bertz CT molecular complexity index is 674. The summed E-state index contributed by atoms with van der Waals surface area (Å²) >= 11 is 0. The average Bonchev–Trinajstić information content (AvgIpc) is 3.07. The highest BCUT2D eigenvalue weighted by molar-refractivity contribution is 5.93. The topological polar surface area (TPSA) is 117 Å². The van der Waals surface area contributed by atoms with Crippen molar-refractivity contribution in [2.75, 3.05) is 32.7 Å². The van der Waals surface area contributed by atoms with Crippen molar-refractivity contribution in [3.8, 4) is 0 Å². The molecule has 0 radical (unpaired) electrons. The molecule has 3 heterocycles. The van der Waals surface area contributed by atoms with E-state index in [1.165, 1.54) is 0 Å². The smallest absolute Gasteiger partial charge is 0.314 e. The van der Waals surface area contributed by atoms with Gasteiger partial charge in [-0.1, -0.05) is 0 Å². The second-order valence-electron chi connectivity index (χ2n) is 6.87. The summed E-state index contributed by atoms with van der Waals surface area (Å²) in [5.74, 6) is -1.49. The monoisotopic (exact) mass is 399 g/mol. The molecule has 0 saturated carbocycles. The predicted octanol–water partition coefficient (Wildman–Crippen LogP) is 0.0646. The van der Waals surface area contributed by atoms with Gasteiger partial charge < -0.3 is 20.6 Å². The standard InChI is InChI=1S/C17H25N5O4.ClH/c23-11-19-10-13(17(25)26)14-9-15-16(24)21(7-8-22(15)20-14)6-3-12-1-4-18-5-2-12;/h9,11-13,18H,1-8,10H2,(H,19,23)(H,25,26);1H. The summed E-state index contributed by atoms with van der Waals surface area (Å²) in [6.45, 7) is 3.89. The van der Waals surface area contributed by atoms with Crippen molar-refractivity contribution in [3.05, 3.63) is 17.5 Å². The SMILES string of the molecule is Cl.O=CNCC(C(=O)O)c1cc2n(n1)CCN(CCC1CCNCC1)C2=O. The number of aliphatic carboxylic acids is 1. The van der Waals surface area contributed by atoms with E-state index in [0.717, 1.165) is 38.9 Å². The number of nitrogens with zero attached hydrogens (tertiary/aromatic N) is 3. The molecular formula is C17H26ClN5O4. The van der Waals surface area contributed by atoms with E-state index in [1.807, 2.05) is 4.90 Å². The first-order valence-corrected chi connectivity index (χ1v) is 9.07. The van der Waals surface area contributed by atoms with Crippen LogP contribution in [0.25, 0.3) is 0 Å². The fourth-order valence-corrected chi connectivity index (χ4v) is 3.64. The molecule has 0 bridgehead atoms. The Kier molecular flexibility index (Phi) is 7.61. The first kappa shape index (κ1) is 21.2. The van der Waals surface area contributed by atoms with E-state index in [0.29, 0.717) is 36.8 Å². The van der Waals surface area contributed by atoms with Crippen molar-refractivity contribution in [2.24, 2.45) is 5.92 Å². The number of aromatic nitrogens is 2. The fraction of sp³-hybridized carbons (Fsp3) is 0.647. The maximum atomic E-state index is 12.7. The minimum Gasteiger partial charge on any atom is -0.481 e. The molecule has 2 amide bonds. The Morgan fingerprint density at radius 2 is 2.15 bits per heavy atom. The summed E-state index contributed by atoms with van der Waals surface area (Å²) in [6.07, 6.45) is 3.75.